The second-order valence-corrected chi connectivity index (χ2v) is 7.63. The average molecular weight is 282 g/mol. The smallest absolute Gasteiger partial charge is 0.235 e. The maximum atomic E-state index is 12.7. The molecular weight excluding hydrogens is 252 g/mol. The average Bonchev–Trinajstić information content (AvgIpc) is 2.35. The van der Waals surface area contributed by atoms with Gasteiger partial charge in [0.05, 0.1) is 0 Å². The molecule has 1 fully saturated rings. The highest BCUT2D eigenvalue weighted by molar-refractivity contribution is 6.07. The largest absolute Gasteiger partial charge is 0.339 e. The number of amides is 1. The lowest BCUT2D eigenvalue weighted by Gasteiger charge is -2.40. The predicted octanol–water partition coefficient (Wildman–Crippen LogP) is 2.18. The topological polar surface area (TPSA) is 40.6 Å². The quantitative estimate of drug-likeness (QED) is 0.745. The van der Waals surface area contributed by atoms with Gasteiger partial charge in [0, 0.05) is 37.6 Å². The molecule has 0 saturated carbocycles. The highest BCUT2D eigenvalue weighted by Gasteiger charge is 2.44. The Labute approximate surface area is 123 Å². The molecule has 1 amide bonds. The molecule has 1 aliphatic rings. The summed E-state index contributed by atoms with van der Waals surface area (Å²) < 4.78 is 0. The molecule has 1 rings (SSSR count). The number of Topliss-reactive ketones (excluding diaryl/α,β-unsaturated/α-hetero) is 1. The lowest BCUT2D eigenvalue weighted by atomic mass is 9.74. The minimum Gasteiger partial charge on any atom is -0.339 e. The fourth-order valence-corrected chi connectivity index (χ4v) is 2.87. The van der Waals surface area contributed by atoms with Crippen molar-refractivity contribution in [2.75, 3.05) is 26.2 Å². The fraction of sp³-hybridized carbons (Fsp3) is 0.875. The minimum absolute atomic E-state index is 0.0151. The van der Waals surface area contributed by atoms with Gasteiger partial charge < -0.3 is 4.90 Å². The summed E-state index contributed by atoms with van der Waals surface area (Å²) in [5.41, 5.74) is -1.42. The van der Waals surface area contributed by atoms with Crippen molar-refractivity contribution >= 4 is 11.7 Å². The number of ketones is 1. The molecule has 0 atom stereocenters. The molecule has 0 N–H and O–H groups in total. The van der Waals surface area contributed by atoms with Gasteiger partial charge >= 0.3 is 0 Å². The lowest BCUT2D eigenvalue weighted by molar-refractivity contribution is -0.152. The number of hydrogen-bond donors (Lipinski definition) is 0. The summed E-state index contributed by atoms with van der Waals surface area (Å²) in [6.07, 6.45) is 0. The van der Waals surface area contributed by atoms with E-state index in [1.165, 1.54) is 0 Å². The minimum atomic E-state index is -0.932. The van der Waals surface area contributed by atoms with E-state index in [-0.39, 0.29) is 11.7 Å². The number of nitrogens with zero attached hydrogens (tertiary/aromatic N) is 2. The number of hydrogen-bond acceptors (Lipinski definition) is 3. The maximum absolute atomic E-state index is 12.7. The van der Waals surface area contributed by atoms with Crippen LogP contribution in [0.5, 0.6) is 0 Å². The van der Waals surface area contributed by atoms with Crippen molar-refractivity contribution in [2.45, 2.75) is 54.5 Å². The van der Waals surface area contributed by atoms with Gasteiger partial charge in [0.25, 0.3) is 0 Å². The third-order valence-electron chi connectivity index (χ3n) is 4.12. The number of carbonyl (C=O) groups is 2. The third-order valence-corrected chi connectivity index (χ3v) is 4.12. The first kappa shape index (κ1) is 17.2. The van der Waals surface area contributed by atoms with E-state index >= 15 is 0 Å². The van der Waals surface area contributed by atoms with Crippen LogP contribution in [0.3, 0.4) is 0 Å². The molecule has 1 heterocycles. The van der Waals surface area contributed by atoms with Crippen molar-refractivity contribution in [1.82, 2.24) is 9.80 Å². The second kappa shape index (κ2) is 5.84. The van der Waals surface area contributed by atoms with Crippen LogP contribution in [-0.4, -0.2) is 53.7 Å². The summed E-state index contributed by atoms with van der Waals surface area (Å²) in [7, 11) is 0. The molecule has 0 unspecified atom stereocenters. The predicted molar refractivity (Wildman–Crippen MR) is 81.5 cm³/mol. The summed E-state index contributed by atoms with van der Waals surface area (Å²) in [5.74, 6) is -0.0119. The SMILES string of the molecule is CC(C)N1CCN(C(=O)C(C)(C)C(=O)C(C)(C)C)CC1. The van der Waals surface area contributed by atoms with E-state index in [1.807, 2.05) is 25.7 Å². The summed E-state index contributed by atoms with van der Waals surface area (Å²) in [6, 6.07) is 0.511. The number of rotatable bonds is 3. The Morgan fingerprint density at radius 3 is 1.70 bits per heavy atom. The van der Waals surface area contributed by atoms with Gasteiger partial charge in [-0.1, -0.05) is 20.8 Å². The molecule has 20 heavy (non-hydrogen) atoms. The Bertz CT molecular complexity index is 372. The van der Waals surface area contributed by atoms with Crippen molar-refractivity contribution in [3.05, 3.63) is 0 Å². The van der Waals surface area contributed by atoms with Gasteiger partial charge in [0.2, 0.25) is 5.91 Å². The highest BCUT2D eigenvalue weighted by Crippen LogP contribution is 2.31. The first-order chi connectivity index (χ1) is 8.98. The Morgan fingerprint density at radius 2 is 1.35 bits per heavy atom. The molecule has 0 aliphatic carbocycles. The van der Waals surface area contributed by atoms with Crippen LogP contribution in [0, 0.1) is 10.8 Å². The van der Waals surface area contributed by atoms with Crippen LogP contribution in [0.4, 0.5) is 0 Å². The standard InChI is InChI=1S/C16H30N2O2/c1-12(2)17-8-10-18(11-9-17)14(20)16(6,7)13(19)15(3,4)5/h12H,8-11H2,1-7H3. The number of piperazine rings is 1. The Hall–Kier alpha value is -0.900. The highest BCUT2D eigenvalue weighted by atomic mass is 16.2. The first-order valence-corrected chi connectivity index (χ1v) is 7.56. The van der Waals surface area contributed by atoms with Gasteiger partial charge in [-0.15, -0.1) is 0 Å². The van der Waals surface area contributed by atoms with Crippen LogP contribution < -0.4 is 0 Å². The Morgan fingerprint density at radius 1 is 0.900 bits per heavy atom. The summed E-state index contributed by atoms with van der Waals surface area (Å²) >= 11 is 0. The first-order valence-electron chi connectivity index (χ1n) is 7.56. The molecule has 4 heteroatoms. The zero-order chi connectivity index (χ0) is 15.7. The third kappa shape index (κ3) is 3.60. The van der Waals surface area contributed by atoms with E-state index in [0.717, 1.165) is 26.2 Å². The summed E-state index contributed by atoms with van der Waals surface area (Å²) in [6.45, 7) is 16.7. The van der Waals surface area contributed by atoms with Gasteiger partial charge in [-0.25, -0.2) is 0 Å². The molecule has 0 bridgehead atoms. The molecule has 0 aromatic carbocycles. The van der Waals surface area contributed by atoms with Crippen molar-refractivity contribution in [3.63, 3.8) is 0 Å². The van der Waals surface area contributed by atoms with E-state index in [2.05, 4.69) is 18.7 Å². The van der Waals surface area contributed by atoms with Crippen LogP contribution in [-0.2, 0) is 9.59 Å². The molecule has 0 aromatic rings. The number of carbonyl (C=O) groups excluding carboxylic acids is 2. The Balaban J connectivity index is 2.74. The molecular formula is C16H30N2O2. The van der Waals surface area contributed by atoms with Crippen molar-refractivity contribution in [2.24, 2.45) is 10.8 Å². The Kier molecular flexibility index (Phi) is 5.01. The molecule has 0 aromatic heterocycles. The van der Waals surface area contributed by atoms with Gasteiger partial charge in [0.15, 0.2) is 5.78 Å². The van der Waals surface area contributed by atoms with E-state index in [9.17, 15) is 9.59 Å². The monoisotopic (exact) mass is 282 g/mol. The second-order valence-electron chi connectivity index (χ2n) is 7.63. The van der Waals surface area contributed by atoms with Gasteiger partial charge in [-0.2, -0.15) is 0 Å². The molecule has 0 radical (unpaired) electrons. The normalized spacial score (nSPS) is 18.5. The molecule has 4 nitrogen and oxygen atoms in total. The summed E-state index contributed by atoms with van der Waals surface area (Å²) in [5, 5.41) is 0. The van der Waals surface area contributed by atoms with Crippen LogP contribution in [0.25, 0.3) is 0 Å². The molecule has 1 aliphatic heterocycles. The molecule has 0 spiro atoms. The van der Waals surface area contributed by atoms with Crippen LogP contribution in [0.15, 0.2) is 0 Å². The van der Waals surface area contributed by atoms with Gasteiger partial charge in [-0.05, 0) is 27.7 Å². The maximum Gasteiger partial charge on any atom is 0.235 e. The van der Waals surface area contributed by atoms with Gasteiger partial charge in [-0.3, -0.25) is 14.5 Å². The van der Waals surface area contributed by atoms with E-state index in [4.69, 9.17) is 0 Å². The summed E-state index contributed by atoms with van der Waals surface area (Å²) in [4.78, 5) is 29.4. The lowest BCUT2D eigenvalue weighted by Crippen LogP contribution is -2.56. The van der Waals surface area contributed by atoms with Crippen LogP contribution >= 0.6 is 0 Å². The molecule has 1 saturated heterocycles. The van der Waals surface area contributed by atoms with Crippen LogP contribution in [0.2, 0.25) is 0 Å². The van der Waals surface area contributed by atoms with Crippen molar-refractivity contribution in [3.8, 4) is 0 Å². The fourth-order valence-electron chi connectivity index (χ4n) is 2.87. The van der Waals surface area contributed by atoms with Gasteiger partial charge in [0.1, 0.15) is 5.41 Å². The van der Waals surface area contributed by atoms with E-state index in [1.54, 1.807) is 13.8 Å². The van der Waals surface area contributed by atoms with E-state index in [0.29, 0.717) is 6.04 Å². The van der Waals surface area contributed by atoms with Crippen molar-refractivity contribution in [1.29, 1.82) is 0 Å². The zero-order valence-electron chi connectivity index (χ0n) is 14.1. The van der Waals surface area contributed by atoms with Crippen LogP contribution in [0.1, 0.15) is 48.5 Å². The van der Waals surface area contributed by atoms with Crippen molar-refractivity contribution < 1.29 is 9.59 Å². The van der Waals surface area contributed by atoms with E-state index < -0.39 is 10.8 Å². The zero-order valence-corrected chi connectivity index (χ0v) is 14.1. The molecule has 116 valence electrons.